The van der Waals surface area contributed by atoms with Crippen LogP contribution >= 0.6 is 0 Å². The van der Waals surface area contributed by atoms with Crippen molar-refractivity contribution >= 4 is 0 Å². The Labute approximate surface area is 68.8 Å². The molecule has 0 bridgehead atoms. The van der Waals surface area contributed by atoms with Gasteiger partial charge in [-0.25, -0.2) is 0 Å². The summed E-state index contributed by atoms with van der Waals surface area (Å²) < 4.78 is 5.59. The molecule has 11 heavy (non-hydrogen) atoms. The average molecular weight is 155 g/mol. The lowest BCUT2D eigenvalue weighted by molar-refractivity contribution is -0.0389. The quantitative estimate of drug-likeness (QED) is 0.431. The van der Waals surface area contributed by atoms with Crippen LogP contribution in [-0.4, -0.2) is 31.8 Å². The fourth-order valence-corrected chi connectivity index (χ4v) is 1.62. The van der Waals surface area contributed by atoms with E-state index < -0.39 is 0 Å². The van der Waals surface area contributed by atoms with Gasteiger partial charge in [0.15, 0.2) is 0 Å². The molecule has 0 amide bonds. The van der Waals surface area contributed by atoms with Gasteiger partial charge in [-0.2, -0.15) is 4.90 Å². The fourth-order valence-electron chi connectivity index (χ4n) is 1.62. The molecule has 1 saturated heterocycles. The molecule has 63 valence electrons. The predicted octanol–water partition coefficient (Wildman–Crippen LogP) is 1.12. The van der Waals surface area contributed by atoms with E-state index in [1.165, 1.54) is 0 Å². The van der Waals surface area contributed by atoms with E-state index in [1.54, 1.807) is 0 Å². The molecule has 1 rings (SSSR count). The minimum absolute atomic E-state index is 0.374. The Morgan fingerprint density at radius 1 is 1.45 bits per heavy atom. The van der Waals surface area contributed by atoms with Crippen LogP contribution in [0.2, 0.25) is 0 Å². The number of nitrogens with zero attached hydrogens (tertiary/aromatic N) is 1. The highest BCUT2D eigenvalue weighted by atomic mass is 16.5. The lowest BCUT2D eigenvalue weighted by Gasteiger charge is -2.26. The molecule has 1 radical (unpaired) electrons. The van der Waals surface area contributed by atoms with E-state index in [0.717, 1.165) is 19.6 Å². The van der Waals surface area contributed by atoms with Crippen molar-refractivity contribution in [3.05, 3.63) is 12.7 Å². The molecule has 2 atom stereocenters. The molecule has 1 fully saturated rings. The monoisotopic (exact) mass is 155 g/mol. The van der Waals surface area contributed by atoms with Gasteiger partial charge in [-0.15, -0.1) is 0 Å². The van der Waals surface area contributed by atoms with Crippen molar-refractivity contribution in [1.82, 2.24) is 4.90 Å². The Bertz CT molecular complexity index is 126. The molecule has 0 aromatic heterocycles. The summed E-state index contributed by atoms with van der Waals surface area (Å²) in [4.78, 5) is 2.37. The maximum atomic E-state index is 5.59. The Morgan fingerprint density at radius 3 is 2.45 bits per heavy atom. The summed E-state index contributed by atoms with van der Waals surface area (Å²) in [6, 6.07) is 0. The van der Waals surface area contributed by atoms with Gasteiger partial charge in [-0.05, 0) is 19.9 Å². The second-order valence-corrected chi connectivity index (χ2v) is 3.26. The van der Waals surface area contributed by atoms with Crippen molar-refractivity contribution in [3.63, 3.8) is 0 Å². The van der Waals surface area contributed by atoms with Crippen molar-refractivity contribution in [1.29, 1.82) is 0 Å². The standard InChI is InChI=1S/C9H17NO/c1-4-5-10-6-8(2)11-9(3)7-10/h4,8-9H,1,5-7H2,2-3H3/q+1/t8-,9-/m1/s1. The van der Waals surface area contributed by atoms with E-state index in [2.05, 4.69) is 25.3 Å². The third-order valence-electron chi connectivity index (χ3n) is 1.88. The summed E-state index contributed by atoms with van der Waals surface area (Å²) in [5.74, 6) is 0. The number of hydrogen-bond donors (Lipinski definition) is 0. The number of ether oxygens (including phenoxy) is 1. The van der Waals surface area contributed by atoms with Gasteiger partial charge in [-0.1, -0.05) is 6.58 Å². The van der Waals surface area contributed by atoms with E-state index in [-0.39, 0.29) is 0 Å². The van der Waals surface area contributed by atoms with Gasteiger partial charge in [-0.3, -0.25) is 0 Å². The first-order chi connectivity index (χ1) is 5.22. The highest BCUT2D eigenvalue weighted by molar-refractivity contribution is 4.83. The second-order valence-electron chi connectivity index (χ2n) is 3.26. The Hall–Kier alpha value is -0.340. The predicted molar refractivity (Wildman–Crippen MR) is 46.9 cm³/mol. The smallest absolute Gasteiger partial charge is 0.149 e. The van der Waals surface area contributed by atoms with Gasteiger partial charge in [0.05, 0.1) is 0 Å². The second kappa shape index (κ2) is 3.88. The van der Waals surface area contributed by atoms with Crippen molar-refractivity contribution in [2.24, 2.45) is 0 Å². The maximum absolute atomic E-state index is 5.59. The molecule has 0 spiro atoms. The molecule has 2 heteroatoms. The third-order valence-corrected chi connectivity index (χ3v) is 1.88. The number of rotatable bonds is 2. The summed E-state index contributed by atoms with van der Waals surface area (Å²) in [5, 5.41) is 0. The van der Waals surface area contributed by atoms with Crippen molar-refractivity contribution in [2.45, 2.75) is 26.1 Å². The SMILES string of the molecule is C=CC[N+]1C[C@@H](C)O[C@H](C)C1. The van der Waals surface area contributed by atoms with Crippen LogP contribution in [0.25, 0.3) is 0 Å². The van der Waals surface area contributed by atoms with Crippen LogP contribution in [0.4, 0.5) is 0 Å². The first-order valence-electron chi connectivity index (χ1n) is 4.21. The molecular formula is C9H17NO+. The molecule has 1 aliphatic rings. The summed E-state index contributed by atoms with van der Waals surface area (Å²) in [5.41, 5.74) is 0. The lowest BCUT2D eigenvalue weighted by atomic mass is 10.2. The number of hydrogen-bond acceptors (Lipinski definition) is 2. The van der Waals surface area contributed by atoms with Crippen molar-refractivity contribution in [3.8, 4) is 0 Å². The van der Waals surface area contributed by atoms with Crippen LogP contribution in [0.15, 0.2) is 12.7 Å². The Kier molecular flexibility index (Phi) is 3.09. The maximum Gasteiger partial charge on any atom is 0.149 e. The zero-order valence-corrected chi connectivity index (χ0v) is 7.42. The van der Waals surface area contributed by atoms with E-state index >= 15 is 0 Å². The molecule has 0 saturated carbocycles. The third kappa shape index (κ3) is 2.64. The van der Waals surface area contributed by atoms with Gasteiger partial charge in [0.2, 0.25) is 0 Å². The topological polar surface area (TPSA) is 15.1 Å². The van der Waals surface area contributed by atoms with Crippen LogP contribution in [0, 0.1) is 0 Å². The van der Waals surface area contributed by atoms with Gasteiger partial charge in [0.25, 0.3) is 0 Å². The van der Waals surface area contributed by atoms with Crippen molar-refractivity contribution < 1.29 is 4.74 Å². The summed E-state index contributed by atoms with van der Waals surface area (Å²) in [7, 11) is 0. The van der Waals surface area contributed by atoms with Crippen LogP contribution < -0.4 is 4.90 Å². The molecular weight excluding hydrogens is 138 g/mol. The highest BCUT2D eigenvalue weighted by Crippen LogP contribution is 2.07. The van der Waals surface area contributed by atoms with Crippen LogP contribution in [-0.2, 0) is 4.74 Å². The Morgan fingerprint density at radius 2 is 2.00 bits per heavy atom. The zero-order chi connectivity index (χ0) is 8.27. The summed E-state index contributed by atoms with van der Waals surface area (Å²) in [6.45, 7) is 11.0. The van der Waals surface area contributed by atoms with Crippen LogP contribution in [0.1, 0.15) is 13.8 Å². The van der Waals surface area contributed by atoms with Crippen molar-refractivity contribution in [2.75, 3.05) is 19.6 Å². The molecule has 0 aromatic carbocycles. The first kappa shape index (κ1) is 8.75. The minimum Gasteiger partial charge on any atom is -0.363 e. The Balaban J connectivity index is 2.36. The van der Waals surface area contributed by atoms with E-state index in [0.29, 0.717) is 12.2 Å². The largest absolute Gasteiger partial charge is 0.363 e. The van der Waals surface area contributed by atoms with Gasteiger partial charge >= 0.3 is 0 Å². The minimum atomic E-state index is 0.374. The van der Waals surface area contributed by atoms with Gasteiger partial charge in [0, 0.05) is 0 Å². The van der Waals surface area contributed by atoms with Crippen LogP contribution in [0.5, 0.6) is 0 Å². The fraction of sp³-hybridized carbons (Fsp3) is 0.778. The molecule has 0 unspecified atom stereocenters. The molecule has 1 heterocycles. The normalized spacial score (nSPS) is 33.6. The highest BCUT2D eigenvalue weighted by Gasteiger charge is 2.28. The summed E-state index contributed by atoms with van der Waals surface area (Å²) >= 11 is 0. The molecule has 1 aliphatic heterocycles. The molecule has 0 aromatic rings. The zero-order valence-electron chi connectivity index (χ0n) is 7.42. The van der Waals surface area contributed by atoms with E-state index in [9.17, 15) is 0 Å². The lowest BCUT2D eigenvalue weighted by Crippen LogP contribution is -2.49. The first-order valence-corrected chi connectivity index (χ1v) is 4.21. The molecule has 0 aliphatic carbocycles. The summed E-state index contributed by atoms with van der Waals surface area (Å²) in [6.07, 6.45) is 2.70. The molecule has 2 nitrogen and oxygen atoms in total. The van der Waals surface area contributed by atoms with Gasteiger partial charge in [0.1, 0.15) is 31.8 Å². The molecule has 0 N–H and O–H groups in total. The van der Waals surface area contributed by atoms with E-state index in [4.69, 9.17) is 4.74 Å². The van der Waals surface area contributed by atoms with Gasteiger partial charge < -0.3 is 4.74 Å². The average Bonchev–Trinajstić information content (AvgIpc) is 1.85. The number of morpholine rings is 1. The van der Waals surface area contributed by atoms with E-state index in [1.807, 2.05) is 6.08 Å². The van der Waals surface area contributed by atoms with Crippen LogP contribution in [0.3, 0.4) is 0 Å².